The molecule has 0 unspecified atom stereocenters. The van der Waals surface area contributed by atoms with E-state index >= 15 is 0 Å². The first kappa shape index (κ1) is 10.6. The molecule has 74 valence electrons. The third-order valence-electron chi connectivity index (χ3n) is 2.36. The molecule has 14 heavy (non-hydrogen) atoms. The van der Waals surface area contributed by atoms with Gasteiger partial charge in [-0.2, -0.15) is 5.26 Å². The largest absolute Gasteiger partial charge is 0.495 e. The van der Waals surface area contributed by atoms with Gasteiger partial charge in [0, 0.05) is 0 Å². The maximum atomic E-state index is 8.86. The number of nitriles is 1. The molecule has 1 aromatic carbocycles. The maximum Gasteiger partial charge on any atom is 0.139 e. The minimum absolute atomic E-state index is 0.616. The van der Waals surface area contributed by atoms with E-state index in [4.69, 9.17) is 10.00 Å². The third kappa shape index (κ3) is 1.88. The second-order valence-electron chi connectivity index (χ2n) is 3.29. The molecule has 0 fully saturated rings. The van der Waals surface area contributed by atoms with E-state index < -0.39 is 0 Å². The van der Waals surface area contributed by atoms with Crippen LogP contribution in [0.3, 0.4) is 0 Å². The van der Waals surface area contributed by atoms with Gasteiger partial charge >= 0.3 is 0 Å². The van der Waals surface area contributed by atoms with Crippen LogP contribution in [0, 0.1) is 18.3 Å². The fraction of sp³-hybridized carbons (Fsp3) is 0.417. The van der Waals surface area contributed by atoms with Gasteiger partial charge in [0.25, 0.3) is 0 Å². The standard InChI is InChI=1S/C12H15NO/c1-4-5-10-6-7-11(8-13)12(14-3)9(10)2/h6-7H,4-5H2,1-3H3. The average molecular weight is 189 g/mol. The van der Waals surface area contributed by atoms with Gasteiger partial charge < -0.3 is 4.74 Å². The van der Waals surface area contributed by atoms with E-state index in [2.05, 4.69) is 13.0 Å². The Hall–Kier alpha value is -1.49. The van der Waals surface area contributed by atoms with Crippen molar-refractivity contribution >= 4 is 0 Å². The van der Waals surface area contributed by atoms with Gasteiger partial charge in [-0.15, -0.1) is 0 Å². The molecule has 1 aromatic rings. The molecule has 0 spiro atoms. The number of rotatable bonds is 3. The van der Waals surface area contributed by atoms with Gasteiger partial charge in [0.2, 0.25) is 0 Å². The lowest BCUT2D eigenvalue weighted by Gasteiger charge is -2.10. The Kier molecular flexibility index (Phi) is 3.53. The smallest absolute Gasteiger partial charge is 0.139 e. The summed E-state index contributed by atoms with van der Waals surface area (Å²) in [5.41, 5.74) is 2.97. The van der Waals surface area contributed by atoms with Gasteiger partial charge in [-0.3, -0.25) is 0 Å². The topological polar surface area (TPSA) is 33.0 Å². The van der Waals surface area contributed by atoms with Gasteiger partial charge in [0.05, 0.1) is 12.7 Å². The van der Waals surface area contributed by atoms with Crippen molar-refractivity contribution < 1.29 is 4.74 Å². The maximum absolute atomic E-state index is 8.86. The Morgan fingerprint density at radius 1 is 1.43 bits per heavy atom. The van der Waals surface area contributed by atoms with E-state index in [1.165, 1.54) is 5.56 Å². The fourth-order valence-corrected chi connectivity index (χ4v) is 1.62. The number of hydrogen-bond donors (Lipinski definition) is 0. The highest BCUT2D eigenvalue weighted by atomic mass is 16.5. The van der Waals surface area contributed by atoms with Crippen molar-refractivity contribution in [1.29, 1.82) is 5.26 Å². The average Bonchev–Trinajstić information content (AvgIpc) is 2.21. The van der Waals surface area contributed by atoms with Gasteiger partial charge in [0.15, 0.2) is 0 Å². The highest BCUT2D eigenvalue weighted by Gasteiger charge is 2.09. The summed E-state index contributed by atoms with van der Waals surface area (Å²) in [5, 5.41) is 8.86. The quantitative estimate of drug-likeness (QED) is 0.732. The van der Waals surface area contributed by atoms with E-state index in [1.807, 2.05) is 19.1 Å². The summed E-state index contributed by atoms with van der Waals surface area (Å²) in [6, 6.07) is 5.98. The number of benzene rings is 1. The molecule has 0 heterocycles. The van der Waals surface area contributed by atoms with Crippen molar-refractivity contribution in [3.05, 3.63) is 28.8 Å². The molecule has 0 saturated heterocycles. The fourth-order valence-electron chi connectivity index (χ4n) is 1.62. The zero-order valence-corrected chi connectivity index (χ0v) is 8.92. The summed E-state index contributed by atoms with van der Waals surface area (Å²) < 4.78 is 5.23. The van der Waals surface area contributed by atoms with Crippen LogP contribution in [0.2, 0.25) is 0 Å². The van der Waals surface area contributed by atoms with Crippen LogP contribution in [0.15, 0.2) is 12.1 Å². The lowest BCUT2D eigenvalue weighted by Crippen LogP contribution is -1.96. The van der Waals surface area contributed by atoms with E-state index in [9.17, 15) is 0 Å². The minimum Gasteiger partial charge on any atom is -0.495 e. The molecule has 0 saturated carbocycles. The molecule has 0 N–H and O–H groups in total. The first-order valence-electron chi connectivity index (χ1n) is 4.81. The molecule has 0 radical (unpaired) electrons. The zero-order valence-electron chi connectivity index (χ0n) is 8.92. The summed E-state index contributed by atoms with van der Waals surface area (Å²) in [4.78, 5) is 0. The molecule has 0 aliphatic carbocycles. The first-order chi connectivity index (χ1) is 6.74. The number of hydrogen-bond acceptors (Lipinski definition) is 2. The Morgan fingerprint density at radius 2 is 2.14 bits per heavy atom. The van der Waals surface area contributed by atoms with Crippen LogP contribution in [0.5, 0.6) is 5.75 Å². The Labute approximate surface area is 85.1 Å². The van der Waals surface area contributed by atoms with Gasteiger partial charge in [-0.05, 0) is 30.5 Å². The Morgan fingerprint density at radius 3 is 2.64 bits per heavy atom. The lowest BCUT2D eigenvalue weighted by atomic mass is 10.0. The number of methoxy groups -OCH3 is 1. The molecule has 2 nitrogen and oxygen atoms in total. The van der Waals surface area contributed by atoms with Crippen molar-refractivity contribution in [3.63, 3.8) is 0 Å². The van der Waals surface area contributed by atoms with E-state index in [0.717, 1.165) is 24.2 Å². The van der Waals surface area contributed by atoms with Crippen molar-refractivity contribution in [2.45, 2.75) is 26.7 Å². The highest BCUT2D eigenvalue weighted by molar-refractivity contribution is 5.51. The summed E-state index contributed by atoms with van der Waals surface area (Å²) in [6.45, 7) is 4.15. The molecule has 2 heteroatoms. The third-order valence-corrected chi connectivity index (χ3v) is 2.36. The van der Waals surface area contributed by atoms with E-state index in [-0.39, 0.29) is 0 Å². The van der Waals surface area contributed by atoms with Crippen LogP contribution >= 0.6 is 0 Å². The van der Waals surface area contributed by atoms with Crippen molar-refractivity contribution in [1.82, 2.24) is 0 Å². The molecule has 0 aliphatic rings. The summed E-state index contributed by atoms with van der Waals surface area (Å²) in [6.07, 6.45) is 2.14. The Balaban J connectivity index is 3.22. The zero-order chi connectivity index (χ0) is 10.6. The lowest BCUT2D eigenvalue weighted by molar-refractivity contribution is 0.409. The van der Waals surface area contributed by atoms with Gasteiger partial charge in [0.1, 0.15) is 11.8 Å². The summed E-state index contributed by atoms with van der Waals surface area (Å²) in [5.74, 6) is 0.721. The molecular formula is C12H15NO. The predicted molar refractivity (Wildman–Crippen MR) is 56.4 cm³/mol. The number of ether oxygens (including phenoxy) is 1. The minimum atomic E-state index is 0.616. The van der Waals surface area contributed by atoms with Crippen molar-refractivity contribution in [2.75, 3.05) is 7.11 Å². The SMILES string of the molecule is CCCc1ccc(C#N)c(OC)c1C. The molecular weight excluding hydrogens is 174 g/mol. The predicted octanol–water partition coefficient (Wildman–Crippen LogP) is 2.83. The molecule has 0 atom stereocenters. The normalized spacial score (nSPS) is 9.57. The van der Waals surface area contributed by atoms with Crippen LogP contribution in [0.25, 0.3) is 0 Å². The summed E-state index contributed by atoms with van der Waals surface area (Å²) >= 11 is 0. The van der Waals surface area contributed by atoms with Crippen LogP contribution < -0.4 is 4.74 Å². The molecule has 0 bridgehead atoms. The Bertz CT molecular complexity index is 363. The van der Waals surface area contributed by atoms with Crippen LogP contribution in [-0.4, -0.2) is 7.11 Å². The second-order valence-corrected chi connectivity index (χ2v) is 3.29. The first-order valence-corrected chi connectivity index (χ1v) is 4.81. The van der Waals surface area contributed by atoms with Crippen LogP contribution in [-0.2, 0) is 6.42 Å². The molecule has 0 amide bonds. The summed E-state index contributed by atoms with van der Waals surface area (Å²) in [7, 11) is 1.61. The number of nitrogens with zero attached hydrogens (tertiary/aromatic N) is 1. The molecule has 1 rings (SSSR count). The second kappa shape index (κ2) is 4.66. The highest BCUT2D eigenvalue weighted by Crippen LogP contribution is 2.26. The van der Waals surface area contributed by atoms with E-state index in [0.29, 0.717) is 5.56 Å². The van der Waals surface area contributed by atoms with Crippen molar-refractivity contribution in [2.24, 2.45) is 0 Å². The van der Waals surface area contributed by atoms with Crippen molar-refractivity contribution in [3.8, 4) is 11.8 Å². The molecule has 0 aliphatic heterocycles. The number of aryl methyl sites for hydroxylation is 1. The monoisotopic (exact) mass is 189 g/mol. The van der Waals surface area contributed by atoms with Crippen LogP contribution in [0.1, 0.15) is 30.0 Å². The van der Waals surface area contributed by atoms with E-state index in [1.54, 1.807) is 7.11 Å². The van der Waals surface area contributed by atoms with Gasteiger partial charge in [-0.1, -0.05) is 19.4 Å². The molecule has 0 aromatic heterocycles. The van der Waals surface area contributed by atoms with Gasteiger partial charge in [-0.25, -0.2) is 0 Å². The van der Waals surface area contributed by atoms with Crippen LogP contribution in [0.4, 0.5) is 0 Å².